The van der Waals surface area contributed by atoms with Gasteiger partial charge in [0.15, 0.2) is 0 Å². The standard InChI is InChI=1S/C28H40N2O3/c1-8-9-10-11-14-30(24-16-18(2)15-19(3)29-24)25(31)17-28(7)13-12-23-22(6)26(32)20(4)21(5)27(23)33-28/h15-16,32H,8-14,17H2,1-7H3. The highest BCUT2D eigenvalue weighted by atomic mass is 16.5. The van der Waals surface area contributed by atoms with Crippen LogP contribution in [-0.4, -0.2) is 28.1 Å². The average Bonchev–Trinajstić information content (AvgIpc) is 2.75. The fourth-order valence-electron chi connectivity index (χ4n) is 4.86. The molecule has 3 rings (SSSR count). The van der Waals surface area contributed by atoms with Crippen LogP contribution in [0.3, 0.4) is 0 Å². The molecule has 1 unspecified atom stereocenters. The number of aromatic nitrogens is 1. The summed E-state index contributed by atoms with van der Waals surface area (Å²) in [5, 5.41) is 10.5. The third-order valence-electron chi connectivity index (χ3n) is 7.01. The van der Waals surface area contributed by atoms with Gasteiger partial charge in [-0.15, -0.1) is 0 Å². The number of hydrogen-bond donors (Lipinski definition) is 1. The molecule has 1 aliphatic heterocycles. The van der Waals surface area contributed by atoms with Crippen LogP contribution in [0.5, 0.6) is 11.5 Å². The van der Waals surface area contributed by atoms with Gasteiger partial charge in [0.1, 0.15) is 22.9 Å². The summed E-state index contributed by atoms with van der Waals surface area (Å²) in [6, 6.07) is 4.04. The first-order valence-corrected chi connectivity index (χ1v) is 12.3. The van der Waals surface area contributed by atoms with Gasteiger partial charge in [-0.1, -0.05) is 26.2 Å². The Balaban J connectivity index is 1.85. The molecule has 2 heterocycles. The number of unbranched alkanes of at least 4 members (excludes halogenated alkanes) is 3. The molecule has 1 amide bonds. The Bertz CT molecular complexity index is 1010. The van der Waals surface area contributed by atoms with Crippen LogP contribution < -0.4 is 9.64 Å². The summed E-state index contributed by atoms with van der Waals surface area (Å²) in [6.45, 7) is 14.8. The maximum absolute atomic E-state index is 13.7. The van der Waals surface area contributed by atoms with Gasteiger partial charge in [0.2, 0.25) is 5.91 Å². The van der Waals surface area contributed by atoms with Gasteiger partial charge < -0.3 is 9.84 Å². The number of benzene rings is 1. The van der Waals surface area contributed by atoms with Gasteiger partial charge in [-0.25, -0.2) is 4.98 Å². The topological polar surface area (TPSA) is 62.7 Å². The molecule has 1 aromatic carbocycles. The van der Waals surface area contributed by atoms with E-state index in [0.29, 0.717) is 18.7 Å². The number of hydrogen-bond acceptors (Lipinski definition) is 4. The summed E-state index contributed by atoms with van der Waals surface area (Å²) in [6.07, 6.45) is 6.22. The van der Waals surface area contributed by atoms with Crippen molar-refractivity contribution in [2.75, 3.05) is 11.4 Å². The maximum atomic E-state index is 13.7. The highest BCUT2D eigenvalue weighted by Gasteiger charge is 2.38. The fourth-order valence-corrected chi connectivity index (χ4v) is 4.86. The molecule has 1 aliphatic rings. The number of anilines is 1. The number of nitrogens with zero attached hydrogens (tertiary/aromatic N) is 2. The normalized spacial score (nSPS) is 17.4. The first-order valence-electron chi connectivity index (χ1n) is 12.3. The number of fused-ring (bicyclic) bond motifs is 1. The number of rotatable bonds is 8. The molecule has 5 heteroatoms. The van der Waals surface area contributed by atoms with Gasteiger partial charge >= 0.3 is 0 Å². The van der Waals surface area contributed by atoms with Crippen molar-refractivity contribution in [1.29, 1.82) is 0 Å². The van der Waals surface area contributed by atoms with E-state index in [1.807, 2.05) is 58.6 Å². The summed E-state index contributed by atoms with van der Waals surface area (Å²) in [4.78, 5) is 20.2. The third kappa shape index (κ3) is 5.51. The minimum atomic E-state index is -0.592. The quantitative estimate of drug-likeness (QED) is 0.470. The van der Waals surface area contributed by atoms with Gasteiger partial charge in [0.25, 0.3) is 0 Å². The summed E-state index contributed by atoms with van der Waals surface area (Å²) < 4.78 is 6.54. The number of carbonyl (C=O) groups is 1. The van der Waals surface area contributed by atoms with Crippen LogP contribution in [0.25, 0.3) is 0 Å². The van der Waals surface area contributed by atoms with Crippen LogP contribution in [0.1, 0.15) is 85.9 Å². The second kappa shape index (κ2) is 10.1. The molecule has 1 aromatic heterocycles. The minimum Gasteiger partial charge on any atom is -0.507 e. The molecular weight excluding hydrogens is 412 g/mol. The lowest BCUT2D eigenvalue weighted by molar-refractivity contribution is -0.122. The van der Waals surface area contributed by atoms with E-state index in [0.717, 1.165) is 77.2 Å². The smallest absolute Gasteiger partial charge is 0.232 e. The molecule has 0 fully saturated rings. The molecule has 1 atom stereocenters. The fraction of sp³-hybridized carbons (Fsp3) is 0.571. The van der Waals surface area contributed by atoms with Crippen molar-refractivity contribution in [3.05, 3.63) is 45.6 Å². The highest BCUT2D eigenvalue weighted by molar-refractivity contribution is 5.93. The van der Waals surface area contributed by atoms with E-state index < -0.39 is 5.60 Å². The van der Waals surface area contributed by atoms with Gasteiger partial charge in [-0.2, -0.15) is 0 Å². The number of aryl methyl sites for hydroxylation is 2. The van der Waals surface area contributed by atoms with Gasteiger partial charge in [0.05, 0.1) is 6.42 Å². The van der Waals surface area contributed by atoms with Crippen molar-refractivity contribution in [1.82, 2.24) is 4.98 Å². The predicted molar refractivity (Wildman–Crippen MR) is 134 cm³/mol. The molecular formula is C28H40N2O3. The SMILES string of the molecule is CCCCCCN(C(=O)CC1(C)CCc2c(C)c(O)c(C)c(C)c2O1)c1cc(C)cc(C)n1. The molecule has 5 nitrogen and oxygen atoms in total. The van der Waals surface area contributed by atoms with E-state index in [1.165, 1.54) is 6.42 Å². The number of phenols is 1. The van der Waals surface area contributed by atoms with E-state index >= 15 is 0 Å². The Morgan fingerprint density at radius 1 is 1.09 bits per heavy atom. The second-order valence-corrected chi connectivity index (χ2v) is 10.0. The molecule has 180 valence electrons. The molecule has 0 radical (unpaired) electrons. The molecule has 0 bridgehead atoms. The maximum Gasteiger partial charge on any atom is 0.232 e. The Hall–Kier alpha value is -2.56. The summed E-state index contributed by atoms with van der Waals surface area (Å²) >= 11 is 0. The lowest BCUT2D eigenvalue weighted by atomic mass is 9.85. The summed E-state index contributed by atoms with van der Waals surface area (Å²) in [7, 11) is 0. The molecule has 0 saturated heterocycles. The largest absolute Gasteiger partial charge is 0.507 e. The third-order valence-corrected chi connectivity index (χ3v) is 7.01. The Labute approximate surface area is 199 Å². The van der Waals surface area contributed by atoms with E-state index in [4.69, 9.17) is 4.74 Å². The molecule has 0 aliphatic carbocycles. The predicted octanol–water partition coefficient (Wildman–Crippen LogP) is 6.42. The number of phenolic OH excluding ortho intramolecular Hbond substituents is 1. The van der Waals surface area contributed by atoms with Crippen LogP contribution in [-0.2, 0) is 11.2 Å². The Morgan fingerprint density at radius 2 is 1.82 bits per heavy atom. The monoisotopic (exact) mass is 452 g/mol. The van der Waals surface area contributed by atoms with E-state index in [-0.39, 0.29) is 5.91 Å². The number of amides is 1. The van der Waals surface area contributed by atoms with Crippen molar-refractivity contribution in [2.45, 2.75) is 99.0 Å². The minimum absolute atomic E-state index is 0.0554. The molecule has 1 N–H and O–H groups in total. The van der Waals surface area contributed by atoms with Crippen LogP contribution in [0.2, 0.25) is 0 Å². The van der Waals surface area contributed by atoms with Crippen molar-refractivity contribution < 1.29 is 14.6 Å². The molecule has 0 saturated carbocycles. The van der Waals surface area contributed by atoms with E-state index in [1.54, 1.807) is 0 Å². The van der Waals surface area contributed by atoms with Crippen molar-refractivity contribution >= 4 is 11.7 Å². The first-order chi connectivity index (χ1) is 15.6. The average molecular weight is 453 g/mol. The van der Waals surface area contributed by atoms with Crippen molar-refractivity contribution in [2.24, 2.45) is 0 Å². The Kier molecular flexibility index (Phi) is 7.71. The van der Waals surface area contributed by atoms with Gasteiger partial charge in [-0.3, -0.25) is 9.69 Å². The van der Waals surface area contributed by atoms with Crippen molar-refractivity contribution in [3.63, 3.8) is 0 Å². The number of carbonyl (C=O) groups excluding carboxylic acids is 1. The number of ether oxygens (including phenoxy) is 1. The van der Waals surface area contributed by atoms with Gasteiger partial charge in [-0.05, 0) is 95.2 Å². The lowest BCUT2D eigenvalue weighted by Gasteiger charge is -2.38. The van der Waals surface area contributed by atoms with Crippen LogP contribution in [0, 0.1) is 34.6 Å². The van der Waals surface area contributed by atoms with E-state index in [9.17, 15) is 9.90 Å². The summed E-state index contributed by atoms with van der Waals surface area (Å²) in [5.74, 6) is 1.98. The van der Waals surface area contributed by atoms with Crippen LogP contribution in [0.15, 0.2) is 12.1 Å². The van der Waals surface area contributed by atoms with E-state index in [2.05, 4.69) is 11.9 Å². The zero-order chi connectivity index (χ0) is 24.3. The Morgan fingerprint density at radius 3 is 2.48 bits per heavy atom. The van der Waals surface area contributed by atoms with Crippen LogP contribution >= 0.6 is 0 Å². The van der Waals surface area contributed by atoms with Gasteiger partial charge in [0, 0.05) is 17.8 Å². The second-order valence-electron chi connectivity index (χ2n) is 10.0. The first kappa shape index (κ1) is 25.1. The van der Waals surface area contributed by atoms with Crippen LogP contribution in [0.4, 0.5) is 5.82 Å². The molecule has 2 aromatic rings. The molecule has 33 heavy (non-hydrogen) atoms. The highest BCUT2D eigenvalue weighted by Crippen LogP contribution is 2.44. The number of pyridine rings is 1. The lowest BCUT2D eigenvalue weighted by Crippen LogP contribution is -2.44. The number of aromatic hydroxyl groups is 1. The zero-order valence-electron chi connectivity index (χ0n) is 21.5. The zero-order valence-corrected chi connectivity index (χ0v) is 21.5. The summed E-state index contributed by atoms with van der Waals surface area (Å²) in [5.41, 5.74) is 5.20. The van der Waals surface area contributed by atoms with Crippen molar-refractivity contribution in [3.8, 4) is 11.5 Å². The molecule has 0 spiro atoms.